The van der Waals surface area contributed by atoms with E-state index >= 15 is 0 Å². The number of methoxy groups -OCH3 is 2. The topological polar surface area (TPSA) is 129 Å². The maximum atomic E-state index is 12.6. The number of rotatable bonds is 12. The lowest BCUT2D eigenvalue weighted by atomic mass is 10.0. The van der Waals surface area contributed by atoms with Crippen LogP contribution in [0.2, 0.25) is 0 Å². The van der Waals surface area contributed by atoms with Crippen LogP contribution in [0.5, 0.6) is 11.5 Å². The van der Waals surface area contributed by atoms with Gasteiger partial charge in [0, 0.05) is 18.8 Å². The van der Waals surface area contributed by atoms with E-state index < -0.39 is 46.1 Å². The van der Waals surface area contributed by atoms with Gasteiger partial charge in [-0.3, -0.25) is 14.4 Å². The fourth-order valence-electron chi connectivity index (χ4n) is 4.66. The van der Waals surface area contributed by atoms with Gasteiger partial charge in [-0.15, -0.1) is 0 Å². The Hall–Kier alpha value is -5.25. The summed E-state index contributed by atoms with van der Waals surface area (Å²) in [7, 11) is 2.85. The molecule has 0 aliphatic heterocycles. The number of halogens is 7. The van der Waals surface area contributed by atoms with E-state index in [1.807, 2.05) is 0 Å². The number of nitrogen functional groups attached to an aromatic ring is 1. The summed E-state index contributed by atoms with van der Waals surface area (Å²) >= 11 is 3.27. The Bertz CT molecular complexity index is 1850. The fourth-order valence-corrected chi connectivity index (χ4v) is 5.17. The maximum Gasteiger partial charge on any atom is 0.416 e. The van der Waals surface area contributed by atoms with Crippen molar-refractivity contribution in [3.63, 3.8) is 0 Å². The highest BCUT2D eigenvalue weighted by Crippen LogP contribution is 2.30. The second-order valence-electron chi connectivity index (χ2n) is 11.2. The number of ether oxygens (including phenoxy) is 3. The normalized spacial score (nSPS) is 11.7. The van der Waals surface area contributed by atoms with Crippen molar-refractivity contribution in [1.82, 2.24) is 10.6 Å². The Morgan fingerprint density at radius 3 is 1.51 bits per heavy atom. The third-order valence-corrected chi connectivity index (χ3v) is 8.10. The minimum absolute atomic E-state index is 0.0498. The van der Waals surface area contributed by atoms with Gasteiger partial charge in [-0.25, -0.2) is 0 Å². The summed E-state index contributed by atoms with van der Waals surface area (Å²) in [6.07, 6.45) is -8.48. The summed E-state index contributed by atoms with van der Waals surface area (Å²) in [6, 6.07) is 18.7. The largest absolute Gasteiger partial charge is 0.496 e. The Morgan fingerprint density at radius 2 is 1.09 bits per heavy atom. The molecule has 4 rings (SSSR count). The van der Waals surface area contributed by atoms with E-state index in [-0.39, 0.29) is 30.8 Å². The van der Waals surface area contributed by atoms with Crippen LogP contribution in [-0.2, 0) is 41.4 Å². The molecule has 0 saturated heterocycles. The van der Waals surface area contributed by atoms with E-state index in [1.165, 1.54) is 44.6 Å². The summed E-state index contributed by atoms with van der Waals surface area (Å²) < 4.78 is 90.6. The molecule has 0 bridgehead atoms. The smallest absolute Gasteiger partial charge is 0.416 e. The molecule has 0 heterocycles. The molecule has 4 aromatic carbocycles. The highest BCUT2D eigenvalue weighted by atomic mass is 79.9. The van der Waals surface area contributed by atoms with Gasteiger partial charge in [0.05, 0.1) is 43.1 Å². The van der Waals surface area contributed by atoms with E-state index in [4.69, 9.17) is 19.9 Å². The number of benzene rings is 4. The van der Waals surface area contributed by atoms with Gasteiger partial charge in [0.25, 0.3) is 11.8 Å². The molecule has 4 aromatic rings. The Labute approximate surface area is 309 Å². The predicted molar refractivity (Wildman–Crippen MR) is 189 cm³/mol. The van der Waals surface area contributed by atoms with Crippen molar-refractivity contribution in [1.29, 1.82) is 0 Å². The molecule has 9 nitrogen and oxygen atoms in total. The Balaban J connectivity index is 0.000000295. The summed E-state index contributed by atoms with van der Waals surface area (Å²) in [4.78, 5) is 36.0. The van der Waals surface area contributed by atoms with Crippen LogP contribution in [0.1, 0.15) is 55.5 Å². The number of esters is 1. The number of alkyl halides is 7. The molecule has 16 heteroatoms. The quantitative estimate of drug-likeness (QED) is 0.0578. The van der Waals surface area contributed by atoms with Crippen molar-refractivity contribution in [3.8, 4) is 11.5 Å². The number of nitrogens with two attached hydrogens (primary N) is 1. The molecular formula is C37H36BrF6N3O6. The van der Waals surface area contributed by atoms with Gasteiger partial charge in [0.2, 0.25) is 0 Å². The molecule has 1 unspecified atom stereocenters. The molecule has 0 radical (unpaired) electrons. The summed E-state index contributed by atoms with van der Waals surface area (Å²) in [6.45, 7) is 2.12. The first kappa shape index (κ1) is 42.2. The number of hydrogen-bond acceptors (Lipinski definition) is 7. The first-order valence-electron chi connectivity index (χ1n) is 15.8. The molecule has 0 aliphatic rings. The zero-order chi connectivity index (χ0) is 39.3. The van der Waals surface area contributed by atoms with Crippen LogP contribution in [-0.4, -0.2) is 43.4 Å². The van der Waals surface area contributed by atoms with Crippen molar-refractivity contribution in [2.45, 2.75) is 43.6 Å². The molecule has 0 fully saturated rings. The molecular weight excluding hydrogens is 776 g/mol. The van der Waals surface area contributed by atoms with Crippen LogP contribution >= 0.6 is 15.9 Å². The minimum Gasteiger partial charge on any atom is -0.496 e. The van der Waals surface area contributed by atoms with E-state index in [2.05, 4.69) is 26.6 Å². The molecule has 0 saturated carbocycles. The van der Waals surface area contributed by atoms with Gasteiger partial charge in [-0.1, -0.05) is 46.3 Å². The highest BCUT2D eigenvalue weighted by Gasteiger charge is 2.31. The third-order valence-electron chi connectivity index (χ3n) is 7.40. The van der Waals surface area contributed by atoms with Crippen LogP contribution in [0, 0.1) is 0 Å². The predicted octanol–water partition coefficient (Wildman–Crippen LogP) is 7.74. The van der Waals surface area contributed by atoms with Gasteiger partial charge in [0.1, 0.15) is 16.3 Å². The van der Waals surface area contributed by atoms with Crippen molar-refractivity contribution < 1.29 is 54.9 Å². The molecule has 0 aromatic heterocycles. The number of amides is 2. The number of hydrogen-bond donors (Lipinski definition) is 3. The van der Waals surface area contributed by atoms with Gasteiger partial charge < -0.3 is 30.6 Å². The van der Waals surface area contributed by atoms with E-state index in [9.17, 15) is 40.7 Å². The first-order valence-corrected chi connectivity index (χ1v) is 16.7. The minimum atomic E-state index is -4.41. The molecule has 2 amide bonds. The maximum absolute atomic E-state index is 12.6. The zero-order valence-corrected chi connectivity index (χ0v) is 30.2. The van der Waals surface area contributed by atoms with Crippen LogP contribution in [0.4, 0.5) is 32.0 Å². The average Bonchev–Trinajstić information content (AvgIpc) is 3.12. The lowest BCUT2D eigenvalue weighted by Crippen LogP contribution is -2.24. The lowest BCUT2D eigenvalue weighted by molar-refractivity contribution is -0.142. The summed E-state index contributed by atoms with van der Waals surface area (Å²) in [5.41, 5.74) is 6.87. The molecule has 284 valence electrons. The van der Waals surface area contributed by atoms with Gasteiger partial charge in [-0.05, 0) is 84.6 Å². The van der Waals surface area contributed by atoms with Gasteiger partial charge in [0.15, 0.2) is 0 Å². The number of carbonyl (C=O) groups excluding carboxylic acids is 3. The molecule has 4 N–H and O–H groups in total. The van der Waals surface area contributed by atoms with Crippen molar-refractivity contribution in [2.75, 3.05) is 26.6 Å². The molecule has 1 atom stereocenters. The van der Waals surface area contributed by atoms with Crippen LogP contribution in [0.15, 0.2) is 84.9 Å². The van der Waals surface area contributed by atoms with Gasteiger partial charge in [-0.2, -0.15) is 26.3 Å². The van der Waals surface area contributed by atoms with E-state index in [0.29, 0.717) is 40.3 Å². The van der Waals surface area contributed by atoms with Crippen molar-refractivity contribution in [2.24, 2.45) is 0 Å². The standard InChI is InChI=1S/C21H21BrF3NO4.C16H15F3N2O2/c1-3-30-20(28)17(22)11-14-6-9-18(29-2)16(10-14)19(27)26-12-13-4-7-15(8-5-13)21(23,24)25;1-23-14-7-6-12(20)8-13(14)15(22)21-9-10-2-4-11(5-3-10)16(17,18)19/h4-10,17H,3,11-12H2,1-2H3,(H,26,27);2-8H,9,20H2,1H3,(H,21,22). The van der Waals surface area contributed by atoms with Crippen molar-refractivity contribution >= 4 is 39.4 Å². The van der Waals surface area contributed by atoms with Gasteiger partial charge >= 0.3 is 18.3 Å². The zero-order valence-electron chi connectivity index (χ0n) is 28.7. The summed E-state index contributed by atoms with van der Waals surface area (Å²) in [5.74, 6) is -0.568. The Kier molecular flexibility index (Phi) is 15.1. The Morgan fingerprint density at radius 1 is 0.679 bits per heavy atom. The van der Waals surface area contributed by atoms with E-state index in [1.54, 1.807) is 37.3 Å². The molecule has 53 heavy (non-hydrogen) atoms. The van der Waals surface area contributed by atoms with E-state index in [0.717, 1.165) is 24.3 Å². The summed E-state index contributed by atoms with van der Waals surface area (Å²) in [5, 5.41) is 5.29. The van der Waals surface area contributed by atoms with Crippen LogP contribution in [0.25, 0.3) is 0 Å². The van der Waals surface area contributed by atoms with Crippen molar-refractivity contribution in [3.05, 3.63) is 124 Å². The van der Waals surface area contributed by atoms with Crippen LogP contribution in [0.3, 0.4) is 0 Å². The third kappa shape index (κ3) is 12.7. The molecule has 0 aliphatic carbocycles. The SMILES string of the molecule is CCOC(=O)C(Br)Cc1ccc(OC)c(C(=O)NCc2ccc(C(F)(F)F)cc2)c1.COc1ccc(N)cc1C(=O)NCc1ccc(C(F)(F)F)cc1. The second kappa shape index (κ2) is 19.0. The lowest BCUT2D eigenvalue weighted by Gasteiger charge is -2.13. The van der Waals surface area contributed by atoms with Crippen LogP contribution < -0.4 is 25.8 Å². The highest BCUT2D eigenvalue weighted by molar-refractivity contribution is 9.10. The molecule has 0 spiro atoms. The number of anilines is 1. The fraction of sp³-hybridized carbons (Fsp3) is 0.270. The monoisotopic (exact) mass is 811 g/mol. The second-order valence-corrected chi connectivity index (χ2v) is 12.3. The first-order chi connectivity index (χ1) is 25.0. The number of nitrogens with one attached hydrogen (secondary N) is 2. The average molecular weight is 813 g/mol. The number of carbonyl (C=O) groups is 3.